The van der Waals surface area contributed by atoms with Gasteiger partial charge >= 0.3 is 0 Å². The van der Waals surface area contributed by atoms with Crippen LogP contribution in [0.25, 0.3) is 10.8 Å². The van der Waals surface area contributed by atoms with Gasteiger partial charge in [0.1, 0.15) is 0 Å². The molecular formula is C25H27ClN4O. The number of nitrogens with zero attached hydrogens (tertiary/aromatic N) is 3. The van der Waals surface area contributed by atoms with Crippen LogP contribution in [0.1, 0.15) is 18.1 Å². The zero-order valence-electron chi connectivity index (χ0n) is 17.7. The Bertz CT molecular complexity index is 1090. The van der Waals surface area contributed by atoms with Crippen molar-refractivity contribution in [1.29, 1.82) is 0 Å². The van der Waals surface area contributed by atoms with E-state index in [-0.39, 0.29) is 5.91 Å². The standard InChI is InChI=1S/C25H27ClN4O/c1-19(21-11-10-20-6-2-3-7-22(20)16-21)27-28-25(31)18-30-14-12-29(13-15-30)17-23-8-4-5-9-24(23)26/h2-11,16H,12-15,17-18H2,1H3,(H,28,31)/b27-19+. The highest BCUT2D eigenvalue weighted by molar-refractivity contribution is 6.31. The molecule has 160 valence electrons. The average molecular weight is 435 g/mol. The van der Waals surface area contributed by atoms with E-state index >= 15 is 0 Å². The van der Waals surface area contributed by atoms with E-state index in [0.29, 0.717) is 6.54 Å². The quantitative estimate of drug-likeness (QED) is 0.468. The molecule has 1 heterocycles. The normalized spacial score (nSPS) is 15.9. The van der Waals surface area contributed by atoms with Crippen molar-refractivity contribution in [2.24, 2.45) is 5.10 Å². The third-order valence-electron chi connectivity index (χ3n) is 5.70. The van der Waals surface area contributed by atoms with Gasteiger partial charge in [-0.05, 0) is 41.0 Å². The monoisotopic (exact) mass is 434 g/mol. The molecule has 3 aromatic rings. The number of halogens is 1. The van der Waals surface area contributed by atoms with Gasteiger partial charge in [-0.3, -0.25) is 14.6 Å². The van der Waals surface area contributed by atoms with Gasteiger partial charge in [0, 0.05) is 37.7 Å². The minimum absolute atomic E-state index is 0.0836. The van der Waals surface area contributed by atoms with Crippen LogP contribution in [0.4, 0.5) is 0 Å². The summed E-state index contributed by atoms with van der Waals surface area (Å²) in [5.41, 5.74) is 5.66. The van der Waals surface area contributed by atoms with E-state index in [2.05, 4.69) is 50.7 Å². The van der Waals surface area contributed by atoms with Crippen LogP contribution in [-0.2, 0) is 11.3 Å². The Morgan fingerprint density at radius 1 is 0.935 bits per heavy atom. The van der Waals surface area contributed by atoms with Gasteiger partial charge < -0.3 is 0 Å². The number of nitrogens with one attached hydrogen (secondary N) is 1. The summed E-state index contributed by atoms with van der Waals surface area (Å²) in [4.78, 5) is 16.9. The molecule has 1 N–H and O–H groups in total. The number of piperazine rings is 1. The molecule has 1 aliphatic rings. The molecule has 0 saturated carbocycles. The predicted molar refractivity (Wildman–Crippen MR) is 127 cm³/mol. The van der Waals surface area contributed by atoms with Crippen LogP contribution in [0.2, 0.25) is 5.02 Å². The van der Waals surface area contributed by atoms with Crippen LogP contribution in [0.3, 0.4) is 0 Å². The molecule has 0 atom stereocenters. The van der Waals surface area contributed by atoms with Crippen LogP contribution in [0, 0.1) is 0 Å². The van der Waals surface area contributed by atoms with Gasteiger partial charge in [0.25, 0.3) is 5.91 Å². The van der Waals surface area contributed by atoms with Crippen molar-refractivity contribution < 1.29 is 4.79 Å². The van der Waals surface area contributed by atoms with Crippen LogP contribution in [-0.4, -0.2) is 54.1 Å². The lowest BCUT2D eigenvalue weighted by Gasteiger charge is -2.34. The number of hydrazone groups is 1. The van der Waals surface area contributed by atoms with E-state index in [0.717, 1.165) is 60.0 Å². The summed E-state index contributed by atoms with van der Waals surface area (Å²) in [6.07, 6.45) is 0. The van der Waals surface area contributed by atoms with Gasteiger partial charge in [0.2, 0.25) is 0 Å². The largest absolute Gasteiger partial charge is 0.296 e. The summed E-state index contributed by atoms with van der Waals surface area (Å²) in [6.45, 7) is 6.65. The lowest BCUT2D eigenvalue weighted by molar-refractivity contribution is -0.122. The van der Waals surface area contributed by atoms with Crippen LogP contribution >= 0.6 is 11.6 Å². The number of amides is 1. The first kappa shape index (κ1) is 21.5. The third-order valence-corrected chi connectivity index (χ3v) is 6.07. The highest BCUT2D eigenvalue weighted by Gasteiger charge is 2.19. The van der Waals surface area contributed by atoms with Gasteiger partial charge in [-0.25, -0.2) is 5.43 Å². The second-order valence-corrected chi connectivity index (χ2v) is 8.35. The summed E-state index contributed by atoms with van der Waals surface area (Å²) >= 11 is 6.27. The van der Waals surface area contributed by atoms with E-state index in [1.807, 2.05) is 43.3 Å². The van der Waals surface area contributed by atoms with E-state index in [1.54, 1.807) is 0 Å². The lowest BCUT2D eigenvalue weighted by Crippen LogP contribution is -2.48. The van der Waals surface area contributed by atoms with E-state index in [1.165, 1.54) is 5.39 Å². The molecule has 1 saturated heterocycles. The van der Waals surface area contributed by atoms with Gasteiger partial charge in [-0.15, -0.1) is 0 Å². The first-order chi connectivity index (χ1) is 15.1. The second-order valence-electron chi connectivity index (χ2n) is 7.94. The minimum atomic E-state index is -0.0836. The van der Waals surface area contributed by atoms with Crippen molar-refractivity contribution in [3.8, 4) is 0 Å². The van der Waals surface area contributed by atoms with Crippen molar-refractivity contribution in [2.75, 3.05) is 32.7 Å². The zero-order valence-corrected chi connectivity index (χ0v) is 18.5. The van der Waals surface area contributed by atoms with Gasteiger partial charge in [0.15, 0.2) is 0 Å². The molecule has 4 rings (SSSR count). The van der Waals surface area contributed by atoms with Crippen molar-refractivity contribution in [1.82, 2.24) is 15.2 Å². The molecule has 31 heavy (non-hydrogen) atoms. The first-order valence-electron chi connectivity index (χ1n) is 10.6. The van der Waals surface area contributed by atoms with Crippen molar-refractivity contribution in [3.05, 3.63) is 82.9 Å². The van der Waals surface area contributed by atoms with Gasteiger partial charge in [-0.1, -0.05) is 66.2 Å². The van der Waals surface area contributed by atoms with Crippen LogP contribution in [0.5, 0.6) is 0 Å². The number of hydrogen-bond donors (Lipinski definition) is 1. The summed E-state index contributed by atoms with van der Waals surface area (Å²) < 4.78 is 0. The fourth-order valence-electron chi connectivity index (χ4n) is 3.84. The minimum Gasteiger partial charge on any atom is -0.296 e. The molecule has 6 heteroatoms. The van der Waals surface area contributed by atoms with Gasteiger partial charge in [-0.2, -0.15) is 5.10 Å². The fraction of sp³-hybridized carbons (Fsp3) is 0.280. The number of carbonyl (C=O) groups is 1. The predicted octanol–water partition coefficient (Wildman–Crippen LogP) is 4.15. The molecule has 0 aliphatic carbocycles. The maximum atomic E-state index is 12.4. The summed E-state index contributed by atoms with van der Waals surface area (Å²) in [6, 6.07) is 22.4. The van der Waals surface area contributed by atoms with Crippen molar-refractivity contribution in [3.63, 3.8) is 0 Å². The average Bonchev–Trinajstić information content (AvgIpc) is 2.80. The topological polar surface area (TPSA) is 47.9 Å². The Kier molecular flexibility index (Phi) is 6.97. The fourth-order valence-corrected chi connectivity index (χ4v) is 4.03. The smallest absolute Gasteiger partial charge is 0.254 e. The number of benzene rings is 3. The summed E-state index contributed by atoms with van der Waals surface area (Å²) in [5.74, 6) is -0.0836. The second kappa shape index (κ2) is 10.1. The Labute approximate surface area is 188 Å². The molecule has 3 aromatic carbocycles. The maximum absolute atomic E-state index is 12.4. The third kappa shape index (κ3) is 5.70. The highest BCUT2D eigenvalue weighted by atomic mass is 35.5. The van der Waals surface area contributed by atoms with E-state index < -0.39 is 0 Å². The molecule has 1 fully saturated rings. The van der Waals surface area contributed by atoms with E-state index in [4.69, 9.17) is 11.6 Å². The van der Waals surface area contributed by atoms with Crippen LogP contribution in [0.15, 0.2) is 71.8 Å². The summed E-state index contributed by atoms with van der Waals surface area (Å²) in [5, 5.41) is 7.48. The molecule has 5 nitrogen and oxygen atoms in total. The number of rotatable bonds is 6. The maximum Gasteiger partial charge on any atom is 0.254 e. The molecular weight excluding hydrogens is 408 g/mol. The Morgan fingerprint density at radius 3 is 2.39 bits per heavy atom. The Hall–Kier alpha value is -2.73. The Balaban J connectivity index is 1.25. The molecule has 0 aromatic heterocycles. The number of fused-ring (bicyclic) bond motifs is 1. The van der Waals surface area contributed by atoms with Gasteiger partial charge in [0.05, 0.1) is 12.3 Å². The van der Waals surface area contributed by atoms with Crippen LogP contribution < -0.4 is 5.43 Å². The highest BCUT2D eigenvalue weighted by Crippen LogP contribution is 2.18. The molecule has 1 aliphatic heterocycles. The zero-order chi connectivity index (χ0) is 21.6. The first-order valence-corrected chi connectivity index (χ1v) is 11.0. The van der Waals surface area contributed by atoms with E-state index in [9.17, 15) is 4.79 Å². The summed E-state index contributed by atoms with van der Waals surface area (Å²) in [7, 11) is 0. The molecule has 0 radical (unpaired) electrons. The number of carbonyl (C=O) groups excluding carboxylic acids is 1. The number of hydrogen-bond acceptors (Lipinski definition) is 4. The molecule has 0 unspecified atom stereocenters. The molecule has 0 bridgehead atoms. The molecule has 0 spiro atoms. The lowest BCUT2D eigenvalue weighted by atomic mass is 10.0. The SMILES string of the molecule is C/C(=N\NC(=O)CN1CCN(Cc2ccccc2Cl)CC1)c1ccc2ccccc2c1. The van der Waals surface area contributed by atoms with Crippen molar-refractivity contribution in [2.45, 2.75) is 13.5 Å². The molecule has 1 amide bonds. The van der Waals surface area contributed by atoms with Crippen molar-refractivity contribution >= 4 is 34.0 Å². The Morgan fingerprint density at radius 2 is 1.61 bits per heavy atom.